The predicted octanol–water partition coefficient (Wildman–Crippen LogP) is 1.97. The molecule has 1 aromatic heterocycles. The van der Waals surface area contributed by atoms with E-state index in [1.54, 1.807) is 6.20 Å². The number of benzene rings is 1. The van der Waals surface area contributed by atoms with Crippen molar-refractivity contribution >= 4 is 22.6 Å². The summed E-state index contributed by atoms with van der Waals surface area (Å²) in [6.45, 7) is 8.18. The van der Waals surface area contributed by atoms with E-state index in [1.165, 1.54) is 10.5 Å². The molecule has 0 radical (unpaired) electrons. The summed E-state index contributed by atoms with van der Waals surface area (Å²) < 4.78 is 5.19. The number of hydrogen-bond acceptors (Lipinski definition) is 4. The van der Waals surface area contributed by atoms with E-state index in [4.69, 9.17) is 4.74 Å². The number of fused-ring (bicyclic) bond motifs is 1. The van der Waals surface area contributed by atoms with Crippen molar-refractivity contribution in [1.82, 2.24) is 4.98 Å². The zero-order valence-corrected chi connectivity index (χ0v) is 15.3. The van der Waals surface area contributed by atoms with Crippen molar-refractivity contribution in [3.05, 3.63) is 35.0 Å². The molecular weight excluding hydrogens is 302 g/mol. The van der Waals surface area contributed by atoms with Crippen molar-refractivity contribution in [2.75, 3.05) is 39.1 Å². The maximum Gasteiger partial charge on any atom is 0.341 e. The molecule has 0 bridgehead atoms. The van der Waals surface area contributed by atoms with Crippen molar-refractivity contribution in [1.29, 1.82) is 0 Å². The van der Waals surface area contributed by atoms with Crippen LogP contribution in [-0.4, -0.2) is 44.7 Å². The Bertz CT molecular complexity index is 726. The lowest BCUT2D eigenvalue weighted by Gasteiger charge is -2.16. The number of carbonyl (C=O) groups is 1. The first kappa shape index (κ1) is 18.2. The Labute approximate surface area is 144 Å². The molecule has 2 N–H and O–H groups in total. The number of hydrogen-bond donors (Lipinski definition) is 2. The standard InChI is InChI=1S/C19H27N3O2/c1-6-24-19(23)16-12-21-17-14(3)13(2)8-9-15(17)18(16)20-10-7-11-22(4)5/h8-9,12H,6-7,10-11H2,1-5H3,(H,20,21)/p+1. The van der Waals surface area contributed by atoms with Gasteiger partial charge in [-0.15, -0.1) is 0 Å². The van der Waals surface area contributed by atoms with Crippen LogP contribution in [0.2, 0.25) is 0 Å². The van der Waals surface area contributed by atoms with E-state index in [1.807, 2.05) is 13.0 Å². The number of aryl methyl sites for hydroxylation is 2. The monoisotopic (exact) mass is 330 g/mol. The summed E-state index contributed by atoms with van der Waals surface area (Å²) in [6, 6.07) is 4.11. The summed E-state index contributed by atoms with van der Waals surface area (Å²) in [5.41, 5.74) is 4.61. The molecule has 0 unspecified atom stereocenters. The first-order valence-corrected chi connectivity index (χ1v) is 8.54. The van der Waals surface area contributed by atoms with Crippen LogP contribution in [0.3, 0.4) is 0 Å². The zero-order chi connectivity index (χ0) is 17.7. The van der Waals surface area contributed by atoms with Crippen LogP contribution in [0, 0.1) is 13.8 Å². The Morgan fingerprint density at radius 1 is 1.29 bits per heavy atom. The number of ether oxygens (including phenoxy) is 1. The highest BCUT2D eigenvalue weighted by Gasteiger charge is 2.17. The third-order valence-corrected chi connectivity index (χ3v) is 4.21. The van der Waals surface area contributed by atoms with Gasteiger partial charge in [-0.05, 0) is 31.9 Å². The molecule has 130 valence electrons. The van der Waals surface area contributed by atoms with Gasteiger partial charge in [0.15, 0.2) is 0 Å². The number of nitrogens with zero attached hydrogens (tertiary/aromatic N) is 1. The van der Waals surface area contributed by atoms with Crippen molar-refractivity contribution in [2.24, 2.45) is 0 Å². The summed E-state index contributed by atoms with van der Waals surface area (Å²) in [5.74, 6) is -0.328. The molecule has 2 aromatic rings. The molecule has 0 amide bonds. The van der Waals surface area contributed by atoms with Crippen LogP contribution in [0.15, 0.2) is 18.3 Å². The fraction of sp³-hybridized carbons (Fsp3) is 0.474. The third-order valence-electron chi connectivity index (χ3n) is 4.21. The van der Waals surface area contributed by atoms with Crippen molar-refractivity contribution in [3.8, 4) is 0 Å². The van der Waals surface area contributed by atoms with Gasteiger partial charge in [-0.2, -0.15) is 0 Å². The van der Waals surface area contributed by atoms with Gasteiger partial charge < -0.3 is 15.0 Å². The summed E-state index contributed by atoms with van der Waals surface area (Å²) in [6.07, 6.45) is 2.66. The van der Waals surface area contributed by atoms with E-state index >= 15 is 0 Å². The number of rotatable bonds is 7. The second-order valence-electron chi connectivity index (χ2n) is 6.41. The fourth-order valence-corrected chi connectivity index (χ4v) is 2.72. The van der Waals surface area contributed by atoms with Crippen LogP contribution in [0.25, 0.3) is 10.9 Å². The SMILES string of the molecule is CCOC(=O)c1cnc2c(C)c(C)ccc2c1NCCC[NH+](C)C. The Kier molecular flexibility index (Phi) is 6.15. The number of nitrogens with one attached hydrogen (secondary N) is 2. The Morgan fingerprint density at radius 3 is 2.71 bits per heavy atom. The third kappa shape index (κ3) is 4.03. The van der Waals surface area contributed by atoms with Crippen molar-refractivity contribution in [2.45, 2.75) is 27.2 Å². The smallest absolute Gasteiger partial charge is 0.341 e. The largest absolute Gasteiger partial charge is 0.462 e. The predicted molar refractivity (Wildman–Crippen MR) is 98.0 cm³/mol. The van der Waals surface area contributed by atoms with Crippen LogP contribution in [0.4, 0.5) is 5.69 Å². The Balaban J connectivity index is 2.42. The topological polar surface area (TPSA) is 55.7 Å². The molecule has 0 fully saturated rings. The Morgan fingerprint density at radius 2 is 2.04 bits per heavy atom. The number of pyridine rings is 1. The molecule has 0 saturated carbocycles. The molecular formula is C19H28N3O2+. The highest BCUT2D eigenvalue weighted by Crippen LogP contribution is 2.29. The van der Waals surface area contributed by atoms with Gasteiger partial charge in [0.25, 0.3) is 0 Å². The number of aromatic nitrogens is 1. The normalized spacial score (nSPS) is 11.1. The average molecular weight is 330 g/mol. The molecule has 0 spiro atoms. The van der Waals surface area contributed by atoms with E-state index in [9.17, 15) is 4.79 Å². The van der Waals surface area contributed by atoms with E-state index in [2.05, 4.69) is 44.3 Å². The lowest BCUT2D eigenvalue weighted by atomic mass is 10.0. The molecule has 0 atom stereocenters. The summed E-state index contributed by atoms with van der Waals surface area (Å²) >= 11 is 0. The number of esters is 1. The van der Waals surface area contributed by atoms with Gasteiger partial charge >= 0.3 is 5.97 Å². The van der Waals surface area contributed by atoms with Gasteiger partial charge in [-0.3, -0.25) is 4.98 Å². The maximum absolute atomic E-state index is 12.3. The second kappa shape index (κ2) is 8.11. The van der Waals surface area contributed by atoms with Crippen LogP contribution < -0.4 is 10.2 Å². The zero-order valence-electron chi connectivity index (χ0n) is 15.3. The first-order valence-electron chi connectivity index (χ1n) is 8.54. The first-order chi connectivity index (χ1) is 11.5. The Hall–Kier alpha value is -2.14. The summed E-state index contributed by atoms with van der Waals surface area (Å²) in [5, 5.41) is 4.42. The molecule has 5 heteroatoms. The molecule has 1 aromatic carbocycles. The molecule has 5 nitrogen and oxygen atoms in total. The average Bonchev–Trinajstić information content (AvgIpc) is 2.54. The van der Waals surface area contributed by atoms with Gasteiger partial charge in [0, 0.05) is 24.5 Å². The molecule has 2 rings (SSSR count). The highest BCUT2D eigenvalue weighted by molar-refractivity contribution is 6.05. The van der Waals surface area contributed by atoms with Crippen LogP contribution in [-0.2, 0) is 4.74 Å². The van der Waals surface area contributed by atoms with Crippen LogP contribution in [0.1, 0.15) is 34.8 Å². The minimum Gasteiger partial charge on any atom is -0.462 e. The lowest BCUT2D eigenvalue weighted by molar-refractivity contribution is -0.858. The molecule has 0 aliphatic carbocycles. The maximum atomic E-state index is 12.3. The number of anilines is 1. The van der Waals surface area contributed by atoms with E-state index in [0.29, 0.717) is 12.2 Å². The lowest BCUT2D eigenvalue weighted by Crippen LogP contribution is -3.05. The molecule has 1 heterocycles. The van der Waals surface area contributed by atoms with Crippen LogP contribution in [0.5, 0.6) is 0 Å². The summed E-state index contributed by atoms with van der Waals surface area (Å²) in [7, 11) is 4.27. The minimum absolute atomic E-state index is 0.328. The minimum atomic E-state index is -0.328. The molecule has 0 aliphatic rings. The number of carbonyl (C=O) groups excluding carboxylic acids is 1. The van der Waals surface area contributed by atoms with Gasteiger partial charge in [0.2, 0.25) is 0 Å². The van der Waals surface area contributed by atoms with E-state index in [0.717, 1.165) is 41.7 Å². The van der Waals surface area contributed by atoms with Crippen molar-refractivity contribution in [3.63, 3.8) is 0 Å². The van der Waals surface area contributed by atoms with E-state index < -0.39 is 0 Å². The fourth-order valence-electron chi connectivity index (χ4n) is 2.72. The van der Waals surface area contributed by atoms with Crippen LogP contribution >= 0.6 is 0 Å². The van der Waals surface area contributed by atoms with Gasteiger partial charge in [0.05, 0.1) is 38.5 Å². The quantitative estimate of drug-likeness (QED) is 0.602. The molecule has 0 aliphatic heterocycles. The molecule has 24 heavy (non-hydrogen) atoms. The highest BCUT2D eigenvalue weighted by atomic mass is 16.5. The van der Waals surface area contributed by atoms with Gasteiger partial charge in [-0.25, -0.2) is 4.79 Å². The van der Waals surface area contributed by atoms with Gasteiger partial charge in [-0.1, -0.05) is 12.1 Å². The van der Waals surface area contributed by atoms with E-state index in [-0.39, 0.29) is 5.97 Å². The number of quaternary nitrogens is 1. The molecule has 0 saturated heterocycles. The second-order valence-corrected chi connectivity index (χ2v) is 6.41. The van der Waals surface area contributed by atoms with Crippen molar-refractivity contribution < 1.29 is 14.4 Å². The van der Waals surface area contributed by atoms with Gasteiger partial charge in [0.1, 0.15) is 5.56 Å². The summed E-state index contributed by atoms with van der Waals surface area (Å²) in [4.78, 5) is 18.2.